The van der Waals surface area contributed by atoms with Crippen LogP contribution >= 0.6 is 0 Å². The van der Waals surface area contributed by atoms with E-state index in [0.717, 1.165) is 62.6 Å². The first-order chi connectivity index (χ1) is 23.6. The molecule has 4 saturated carbocycles. The minimum absolute atomic E-state index is 0.0243. The Morgan fingerprint density at radius 2 is 1.57 bits per heavy atom. The zero-order valence-electron chi connectivity index (χ0n) is 33.1. The lowest BCUT2D eigenvalue weighted by molar-refractivity contribution is -0.251. The largest absolute Gasteiger partial charge is 0.481 e. The fourth-order valence-corrected chi connectivity index (χ4v) is 13.4. The normalized spacial score (nSPS) is 39.4. The number of carbonyl (C=O) groups excluding carboxylic acids is 2. The predicted molar refractivity (Wildman–Crippen MR) is 201 cm³/mol. The van der Waals surface area contributed by atoms with Crippen molar-refractivity contribution < 1.29 is 29.3 Å². The summed E-state index contributed by atoms with van der Waals surface area (Å²) in [7, 11) is 0. The van der Waals surface area contributed by atoms with E-state index in [0.29, 0.717) is 24.8 Å². The van der Waals surface area contributed by atoms with Crippen molar-refractivity contribution in [2.24, 2.45) is 55.7 Å². The summed E-state index contributed by atoms with van der Waals surface area (Å²) >= 11 is 0. The van der Waals surface area contributed by atoms with E-state index in [1.165, 1.54) is 5.57 Å². The molecule has 5 aliphatic carbocycles. The summed E-state index contributed by atoms with van der Waals surface area (Å²) < 4.78 is 6.17. The number of hydrogen-bond acceptors (Lipinski definition) is 6. The quantitative estimate of drug-likeness (QED) is 0.220. The summed E-state index contributed by atoms with van der Waals surface area (Å²) in [6.45, 7) is 22.5. The number of esters is 1. The third-order valence-corrected chi connectivity index (χ3v) is 16.5. The zero-order chi connectivity index (χ0) is 37.6. The maximum atomic E-state index is 14.1. The molecule has 0 amide bonds. The average Bonchev–Trinajstić information content (AvgIpc) is 3.37. The number of carboxylic acids is 1. The summed E-state index contributed by atoms with van der Waals surface area (Å²) in [5.74, 6) is -0.244. The third-order valence-electron chi connectivity index (χ3n) is 16.5. The van der Waals surface area contributed by atoms with Crippen LogP contribution in [-0.4, -0.2) is 46.7 Å². The fraction of sp³-hybridized carbons (Fsp3) is 0.750. The van der Waals surface area contributed by atoms with Crippen LogP contribution in [-0.2, 0) is 19.1 Å². The van der Waals surface area contributed by atoms with Crippen LogP contribution in [0.4, 0.5) is 5.69 Å². The SMILES string of the molecule is CC(C)C1=C2[C@@]([C@H](O)CNc3ccccc3)(CC[C@]3(C)[C@]2(C)CCC2[C@@]4(C)CC[C@H](OC(=O)CC(C)(C)C(=O)O)C(C)(C)C4CC[C@]23C)CC1=O. The van der Waals surface area contributed by atoms with Crippen molar-refractivity contribution in [1.29, 1.82) is 0 Å². The van der Waals surface area contributed by atoms with Gasteiger partial charge < -0.3 is 20.3 Å². The standard InChI is InChI=1S/C44H65NO6/c1-27(2)35-29(46)24-44(32(47)26-45-28-14-12-11-13-15-28)23-22-43(10)41(8)20-16-30-39(5,6)33(51-34(48)25-38(3,4)37(49)50)18-19-40(30,7)31(41)17-21-42(43,9)36(35)44/h11-15,27,30-33,45,47H,16-26H2,1-10H3,(H,49,50)/t30?,31?,32-,33+,40+,41-,42-,43+,44+/m1/s1. The number of aliphatic carboxylic acids is 1. The number of anilines is 1. The highest BCUT2D eigenvalue weighted by molar-refractivity contribution is 6.01. The van der Waals surface area contributed by atoms with E-state index >= 15 is 0 Å². The van der Waals surface area contributed by atoms with Gasteiger partial charge in [0.25, 0.3) is 0 Å². The van der Waals surface area contributed by atoms with Gasteiger partial charge in [-0.1, -0.05) is 73.6 Å². The van der Waals surface area contributed by atoms with Gasteiger partial charge >= 0.3 is 11.9 Å². The first kappa shape index (κ1) is 38.1. The van der Waals surface area contributed by atoms with Gasteiger partial charge in [-0.05, 0) is 128 Å². The van der Waals surface area contributed by atoms with Gasteiger partial charge in [-0.25, -0.2) is 0 Å². The number of para-hydroxylation sites is 1. The molecule has 5 aliphatic rings. The maximum absolute atomic E-state index is 14.1. The Labute approximate surface area is 306 Å². The topological polar surface area (TPSA) is 113 Å². The van der Waals surface area contributed by atoms with Crippen LogP contribution in [0.3, 0.4) is 0 Å². The van der Waals surface area contributed by atoms with Gasteiger partial charge in [-0.2, -0.15) is 0 Å². The van der Waals surface area contributed by atoms with E-state index in [2.05, 4.69) is 60.7 Å². The highest BCUT2D eigenvalue weighted by atomic mass is 16.5. The molecule has 2 unspecified atom stereocenters. The van der Waals surface area contributed by atoms with Crippen molar-refractivity contribution in [3.63, 3.8) is 0 Å². The Hall–Kier alpha value is -2.67. The molecule has 6 rings (SSSR count). The van der Waals surface area contributed by atoms with E-state index in [-0.39, 0.29) is 51.3 Å². The second-order valence-electron chi connectivity index (χ2n) is 19.9. The lowest BCUT2D eigenvalue weighted by atomic mass is 9.29. The molecule has 9 atom stereocenters. The molecular formula is C44H65NO6. The first-order valence-corrected chi connectivity index (χ1v) is 19.8. The molecule has 282 valence electrons. The molecule has 3 N–H and O–H groups in total. The van der Waals surface area contributed by atoms with Crippen molar-refractivity contribution in [3.05, 3.63) is 41.5 Å². The molecule has 0 aliphatic heterocycles. The number of nitrogens with one attached hydrogen (secondary N) is 1. The molecule has 0 saturated heterocycles. The number of hydrogen-bond donors (Lipinski definition) is 3. The lowest BCUT2D eigenvalue weighted by Gasteiger charge is -2.75. The monoisotopic (exact) mass is 703 g/mol. The Morgan fingerprint density at radius 3 is 2.20 bits per heavy atom. The summed E-state index contributed by atoms with van der Waals surface area (Å²) in [6.07, 6.45) is 7.07. The highest BCUT2D eigenvalue weighted by Gasteiger charge is 2.74. The van der Waals surface area contributed by atoms with Crippen molar-refractivity contribution >= 4 is 23.4 Å². The van der Waals surface area contributed by atoms with Crippen LogP contribution in [0.5, 0.6) is 0 Å². The lowest BCUT2D eigenvalue weighted by Crippen LogP contribution is -2.68. The molecule has 0 aromatic heterocycles. The van der Waals surface area contributed by atoms with Crippen molar-refractivity contribution in [1.82, 2.24) is 0 Å². The Morgan fingerprint density at radius 1 is 0.922 bits per heavy atom. The number of ketones is 1. The van der Waals surface area contributed by atoms with E-state index in [4.69, 9.17) is 4.74 Å². The van der Waals surface area contributed by atoms with Gasteiger partial charge in [-0.3, -0.25) is 14.4 Å². The number of aliphatic hydroxyl groups is 1. The number of fused-ring (bicyclic) bond motifs is 7. The first-order valence-electron chi connectivity index (χ1n) is 19.8. The molecule has 7 heteroatoms. The van der Waals surface area contributed by atoms with E-state index < -0.39 is 28.9 Å². The number of Topliss-reactive ketones (excluding diaryl/α,β-unsaturated/α-hetero) is 1. The van der Waals surface area contributed by atoms with Crippen LogP contribution in [0.1, 0.15) is 133 Å². The minimum Gasteiger partial charge on any atom is -0.481 e. The van der Waals surface area contributed by atoms with E-state index in [1.54, 1.807) is 13.8 Å². The van der Waals surface area contributed by atoms with E-state index in [9.17, 15) is 24.6 Å². The summed E-state index contributed by atoms with van der Waals surface area (Å²) in [5, 5.41) is 25.3. The number of benzene rings is 1. The Balaban J connectivity index is 1.32. The zero-order valence-corrected chi connectivity index (χ0v) is 33.1. The predicted octanol–water partition coefficient (Wildman–Crippen LogP) is 9.24. The molecule has 7 nitrogen and oxygen atoms in total. The van der Waals surface area contributed by atoms with Gasteiger partial charge in [-0.15, -0.1) is 0 Å². The van der Waals surface area contributed by atoms with Gasteiger partial charge in [0.15, 0.2) is 5.78 Å². The van der Waals surface area contributed by atoms with Gasteiger partial charge in [0.1, 0.15) is 6.10 Å². The van der Waals surface area contributed by atoms with Crippen LogP contribution in [0.15, 0.2) is 41.5 Å². The molecule has 51 heavy (non-hydrogen) atoms. The van der Waals surface area contributed by atoms with Crippen LogP contribution in [0.2, 0.25) is 0 Å². The second-order valence-corrected chi connectivity index (χ2v) is 19.9. The number of ether oxygens (including phenoxy) is 1. The van der Waals surface area contributed by atoms with E-state index in [1.807, 2.05) is 30.3 Å². The maximum Gasteiger partial charge on any atom is 0.309 e. The smallest absolute Gasteiger partial charge is 0.309 e. The van der Waals surface area contributed by atoms with Crippen molar-refractivity contribution in [2.75, 3.05) is 11.9 Å². The molecule has 1 aromatic carbocycles. The van der Waals surface area contributed by atoms with Crippen LogP contribution < -0.4 is 5.32 Å². The average molecular weight is 704 g/mol. The summed E-state index contributed by atoms with van der Waals surface area (Å²) in [4.78, 5) is 39.0. The van der Waals surface area contributed by atoms with Gasteiger partial charge in [0.2, 0.25) is 0 Å². The van der Waals surface area contributed by atoms with Gasteiger partial charge in [0.05, 0.1) is 17.9 Å². The highest BCUT2D eigenvalue weighted by Crippen LogP contribution is 2.80. The molecule has 0 heterocycles. The fourth-order valence-electron chi connectivity index (χ4n) is 13.4. The number of allylic oxidation sites excluding steroid dienone is 1. The summed E-state index contributed by atoms with van der Waals surface area (Å²) in [6, 6.07) is 10.0. The number of carbonyl (C=O) groups is 3. The molecule has 0 spiro atoms. The van der Waals surface area contributed by atoms with Crippen LogP contribution in [0.25, 0.3) is 0 Å². The molecule has 0 bridgehead atoms. The molecule has 0 radical (unpaired) electrons. The van der Waals surface area contributed by atoms with Crippen LogP contribution in [0, 0.1) is 55.7 Å². The van der Waals surface area contributed by atoms with Crippen molar-refractivity contribution in [2.45, 2.75) is 146 Å². The number of aliphatic hydroxyl groups excluding tert-OH is 1. The second kappa shape index (κ2) is 12.5. The Kier molecular flexibility index (Phi) is 9.29. The number of carboxylic acid groups (broad SMARTS) is 1. The molecule has 1 aromatic rings. The number of rotatable bonds is 9. The Bertz CT molecular complexity index is 1600. The minimum atomic E-state index is -1.16. The van der Waals surface area contributed by atoms with Gasteiger partial charge in [0, 0.05) is 29.5 Å². The third kappa shape index (κ3) is 5.47. The molecular weight excluding hydrogens is 638 g/mol. The van der Waals surface area contributed by atoms with Crippen molar-refractivity contribution in [3.8, 4) is 0 Å². The summed E-state index contributed by atoms with van der Waals surface area (Å²) in [5.41, 5.74) is 1.06. The molecule has 4 fully saturated rings.